The summed E-state index contributed by atoms with van der Waals surface area (Å²) >= 11 is 0. The number of nitrogens with one attached hydrogen (secondary N) is 3. The van der Waals surface area contributed by atoms with E-state index in [2.05, 4.69) is 10.6 Å². The first kappa shape index (κ1) is 31.5. The maximum Gasteiger partial charge on any atom is 0.300 e. The highest BCUT2D eigenvalue weighted by Gasteiger charge is 2.28. The number of rotatable bonds is 12. The van der Waals surface area contributed by atoms with Crippen LogP contribution in [0, 0.1) is 5.82 Å². The molecule has 3 amide bonds. The van der Waals surface area contributed by atoms with Gasteiger partial charge < -0.3 is 20.5 Å². The molecule has 0 radical (unpaired) electrons. The smallest absolute Gasteiger partial charge is 0.300 e. The Labute approximate surface area is 237 Å². The summed E-state index contributed by atoms with van der Waals surface area (Å²) in [5, 5.41) is 17.2. The molecule has 2 atom stereocenters. The van der Waals surface area contributed by atoms with Crippen LogP contribution in [0.15, 0.2) is 59.2 Å². The molecule has 14 heteroatoms. The van der Waals surface area contributed by atoms with Crippen molar-refractivity contribution in [1.82, 2.24) is 20.4 Å². The molecule has 0 spiro atoms. The quantitative estimate of drug-likeness (QED) is 0.164. The van der Waals surface area contributed by atoms with E-state index in [1.54, 1.807) is 4.72 Å². The lowest BCUT2D eigenvalue weighted by Gasteiger charge is -2.24. The molecule has 3 rings (SSSR count). The second kappa shape index (κ2) is 14.1. The molecule has 1 aliphatic rings. The summed E-state index contributed by atoms with van der Waals surface area (Å²) < 4.78 is 45.9. The van der Waals surface area contributed by atoms with E-state index in [0.29, 0.717) is 18.1 Å². The minimum Gasteiger partial charge on any atom is -0.503 e. The van der Waals surface area contributed by atoms with Crippen LogP contribution in [0.3, 0.4) is 0 Å². The van der Waals surface area contributed by atoms with Crippen LogP contribution >= 0.6 is 0 Å². The molecule has 0 aromatic heterocycles. The van der Waals surface area contributed by atoms with Crippen molar-refractivity contribution in [2.45, 2.75) is 49.7 Å². The van der Waals surface area contributed by atoms with Crippen molar-refractivity contribution < 1.29 is 41.9 Å². The highest BCUT2D eigenvalue weighted by Crippen LogP contribution is 2.23. The van der Waals surface area contributed by atoms with Gasteiger partial charge in [0.1, 0.15) is 11.6 Å². The van der Waals surface area contributed by atoms with Gasteiger partial charge in [0.2, 0.25) is 0 Å². The fraction of sp³-hybridized carbons (Fsp3) is 0.370. The molecule has 222 valence electrons. The Bertz CT molecular complexity index is 1390. The van der Waals surface area contributed by atoms with Gasteiger partial charge in [-0.1, -0.05) is 19.1 Å². The lowest BCUT2D eigenvalue weighted by Crippen LogP contribution is -2.47. The van der Waals surface area contributed by atoms with E-state index in [4.69, 9.17) is 9.57 Å². The third kappa shape index (κ3) is 8.25. The molecule has 0 saturated carbocycles. The van der Waals surface area contributed by atoms with E-state index in [-0.39, 0.29) is 29.9 Å². The Balaban J connectivity index is 1.74. The number of halogens is 1. The lowest BCUT2D eigenvalue weighted by atomic mass is 10.0. The number of carbonyl (C=O) groups excluding carboxylic acids is 3. The van der Waals surface area contributed by atoms with Gasteiger partial charge in [-0.05, 0) is 61.7 Å². The maximum atomic E-state index is 13.1. The van der Waals surface area contributed by atoms with Crippen LogP contribution in [0.1, 0.15) is 42.1 Å². The average Bonchev–Trinajstić information content (AvgIpc) is 3.49. The predicted octanol–water partition coefficient (Wildman–Crippen LogP) is 1.93. The largest absolute Gasteiger partial charge is 0.503 e. The number of benzene rings is 2. The first-order chi connectivity index (χ1) is 19.5. The Kier molecular flexibility index (Phi) is 10.8. The molecule has 41 heavy (non-hydrogen) atoms. The number of hydrogen-bond donors (Lipinski definition) is 4. The van der Waals surface area contributed by atoms with Gasteiger partial charge in [0, 0.05) is 12.1 Å². The van der Waals surface area contributed by atoms with E-state index in [1.807, 2.05) is 6.92 Å². The number of aliphatic hydroxyl groups excluding tert-OH is 1. The van der Waals surface area contributed by atoms with E-state index in [9.17, 15) is 32.3 Å². The number of ether oxygens (including phenoxy) is 1. The van der Waals surface area contributed by atoms with Crippen molar-refractivity contribution in [3.63, 3.8) is 0 Å². The molecule has 0 bridgehead atoms. The number of hydrogen-bond acceptors (Lipinski definition) is 9. The first-order valence-corrected chi connectivity index (χ1v) is 14.3. The average molecular weight is 593 g/mol. The molecule has 1 heterocycles. The summed E-state index contributed by atoms with van der Waals surface area (Å²) in [5.74, 6) is -4.59. The van der Waals surface area contributed by atoms with Crippen molar-refractivity contribution in [1.29, 1.82) is 0 Å². The van der Waals surface area contributed by atoms with Gasteiger partial charge in [-0.3, -0.25) is 19.2 Å². The number of hydroxylamine groups is 2. The Morgan fingerprint density at radius 2 is 1.90 bits per heavy atom. The third-order valence-electron chi connectivity index (χ3n) is 6.49. The van der Waals surface area contributed by atoms with Gasteiger partial charge in [-0.15, -0.1) is 0 Å². The topological polar surface area (TPSA) is 163 Å². The summed E-state index contributed by atoms with van der Waals surface area (Å²) in [6, 6.07) is 8.54. The van der Waals surface area contributed by atoms with Crippen LogP contribution < -0.4 is 20.1 Å². The normalized spacial score (nSPS) is 16.1. The van der Waals surface area contributed by atoms with Gasteiger partial charge in [0.05, 0.1) is 37.3 Å². The molecule has 2 aromatic rings. The second-order valence-corrected chi connectivity index (χ2v) is 10.9. The zero-order valence-electron chi connectivity index (χ0n) is 22.8. The van der Waals surface area contributed by atoms with Gasteiger partial charge in [0.25, 0.3) is 27.7 Å². The van der Waals surface area contributed by atoms with Crippen molar-refractivity contribution in [3.8, 4) is 5.75 Å². The van der Waals surface area contributed by atoms with E-state index in [1.165, 1.54) is 44.6 Å². The zero-order chi connectivity index (χ0) is 30.2. The van der Waals surface area contributed by atoms with Gasteiger partial charge >= 0.3 is 0 Å². The molecule has 4 N–H and O–H groups in total. The summed E-state index contributed by atoms with van der Waals surface area (Å²) in [4.78, 5) is 42.6. The van der Waals surface area contributed by atoms with Crippen LogP contribution in [-0.4, -0.2) is 69.2 Å². The van der Waals surface area contributed by atoms with Gasteiger partial charge in [0.15, 0.2) is 5.76 Å². The van der Waals surface area contributed by atoms with Crippen LogP contribution in [0.5, 0.6) is 5.75 Å². The number of nitrogens with zero attached hydrogens (tertiary/aromatic N) is 1. The standard InChI is InChI=1S/C27H33FN4O8S/c1-4-21(22-6-5-13-29-22)30-26(35)20-14-19(11-12-24(20)39-2)41(37,38)31-27(36)23(33)15-25(34)32(40-3)16-17-7-9-18(28)10-8-17/h7-12,14-15,21-22,29,33H,4-6,13,16H2,1-3H3,(H,30,35)(H,31,36)/b23-15-. The second-order valence-electron chi connectivity index (χ2n) is 9.20. The fourth-order valence-corrected chi connectivity index (χ4v) is 5.28. The highest BCUT2D eigenvalue weighted by atomic mass is 32.2. The Morgan fingerprint density at radius 1 is 1.20 bits per heavy atom. The fourth-order valence-electron chi connectivity index (χ4n) is 4.30. The molecule has 0 aliphatic carbocycles. The van der Waals surface area contributed by atoms with Crippen molar-refractivity contribution in [2.75, 3.05) is 20.8 Å². The maximum absolute atomic E-state index is 13.1. The van der Waals surface area contributed by atoms with Crippen molar-refractivity contribution in [3.05, 3.63) is 71.2 Å². The molecular weight excluding hydrogens is 559 g/mol. The van der Waals surface area contributed by atoms with E-state index in [0.717, 1.165) is 36.6 Å². The van der Waals surface area contributed by atoms with Crippen molar-refractivity contribution >= 4 is 27.7 Å². The lowest BCUT2D eigenvalue weighted by molar-refractivity contribution is -0.173. The molecule has 12 nitrogen and oxygen atoms in total. The minimum absolute atomic E-state index is 0.0641. The number of carbonyl (C=O) groups is 3. The molecule has 1 saturated heterocycles. The number of sulfonamides is 1. The van der Waals surface area contributed by atoms with Crippen molar-refractivity contribution in [2.24, 2.45) is 0 Å². The predicted molar refractivity (Wildman–Crippen MR) is 146 cm³/mol. The van der Waals surface area contributed by atoms with Crippen LogP contribution in [-0.2, 0) is 31.0 Å². The Morgan fingerprint density at radius 3 is 2.49 bits per heavy atom. The summed E-state index contributed by atoms with van der Waals surface area (Å²) in [6.07, 6.45) is 3.00. The van der Waals surface area contributed by atoms with E-state index < -0.39 is 44.2 Å². The number of amides is 3. The van der Waals surface area contributed by atoms with E-state index >= 15 is 0 Å². The van der Waals surface area contributed by atoms with Crippen LogP contribution in [0.25, 0.3) is 0 Å². The monoisotopic (exact) mass is 592 g/mol. The molecule has 1 fully saturated rings. The zero-order valence-corrected chi connectivity index (χ0v) is 23.7. The SMILES string of the molecule is CCC(NC(=O)c1cc(S(=O)(=O)NC(=O)/C(O)=C/C(=O)N(Cc2ccc(F)cc2)OC)ccc1OC)C1CCCN1. The number of methoxy groups -OCH3 is 1. The van der Waals surface area contributed by atoms with Crippen LogP contribution in [0.4, 0.5) is 4.39 Å². The minimum atomic E-state index is -4.59. The molecule has 2 unspecified atom stereocenters. The number of aliphatic hydroxyl groups is 1. The first-order valence-electron chi connectivity index (χ1n) is 12.8. The van der Waals surface area contributed by atoms with Gasteiger partial charge in [-0.2, -0.15) is 0 Å². The summed E-state index contributed by atoms with van der Waals surface area (Å²) in [6.45, 7) is 2.63. The molecule has 1 aliphatic heterocycles. The summed E-state index contributed by atoms with van der Waals surface area (Å²) in [7, 11) is -2.09. The third-order valence-corrected chi connectivity index (χ3v) is 7.82. The Hall–Kier alpha value is -4.01. The summed E-state index contributed by atoms with van der Waals surface area (Å²) in [5.41, 5.74) is 0.427. The van der Waals surface area contributed by atoms with Gasteiger partial charge in [-0.25, -0.2) is 22.6 Å². The molecular formula is C27H33FN4O8S. The van der Waals surface area contributed by atoms with Crippen LogP contribution in [0.2, 0.25) is 0 Å². The molecule has 2 aromatic carbocycles. The highest BCUT2D eigenvalue weighted by molar-refractivity contribution is 7.90.